The molecule has 1 atom stereocenters. The molecular weight excluding hydrogens is 243 g/mol. The zero-order chi connectivity index (χ0) is 13.7. The van der Waals surface area contributed by atoms with Crippen LogP contribution in [0.1, 0.15) is 24.8 Å². The molecule has 0 aliphatic carbocycles. The van der Waals surface area contributed by atoms with Crippen LogP contribution in [0.3, 0.4) is 0 Å². The number of rotatable bonds is 3. The van der Waals surface area contributed by atoms with Gasteiger partial charge < -0.3 is 4.90 Å². The minimum atomic E-state index is -0.271. The lowest BCUT2D eigenvalue weighted by Crippen LogP contribution is -2.39. The number of amides is 1. The van der Waals surface area contributed by atoms with Crippen LogP contribution in [0.2, 0.25) is 0 Å². The second kappa shape index (κ2) is 6.33. The van der Waals surface area contributed by atoms with Crippen molar-refractivity contribution in [3.8, 4) is 6.07 Å². The first-order valence-electron chi connectivity index (χ1n) is 6.61. The van der Waals surface area contributed by atoms with E-state index in [0.717, 1.165) is 24.9 Å². The number of carbonyl (C=O) groups is 1. The lowest BCUT2D eigenvalue weighted by molar-refractivity contribution is -0.132. The lowest BCUT2D eigenvalue weighted by atomic mass is 9.99. The van der Waals surface area contributed by atoms with E-state index < -0.39 is 0 Å². The minimum absolute atomic E-state index is 0.0353. The van der Waals surface area contributed by atoms with E-state index in [1.807, 2.05) is 6.07 Å². The molecule has 0 radical (unpaired) electrons. The second-order valence-electron chi connectivity index (χ2n) is 4.94. The van der Waals surface area contributed by atoms with Gasteiger partial charge in [-0.3, -0.25) is 4.79 Å². The average Bonchev–Trinajstić information content (AvgIpc) is 2.45. The van der Waals surface area contributed by atoms with E-state index in [9.17, 15) is 9.18 Å². The maximum absolute atomic E-state index is 13.0. The summed E-state index contributed by atoms with van der Waals surface area (Å²) in [6.45, 7) is 1.28. The molecule has 2 rings (SSSR count). The highest BCUT2D eigenvalue weighted by atomic mass is 19.1. The molecule has 1 fully saturated rings. The van der Waals surface area contributed by atoms with Crippen molar-refractivity contribution in [3.05, 3.63) is 35.6 Å². The Hall–Kier alpha value is -1.89. The summed E-state index contributed by atoms with van der Waals surface area (Å²) >= 11 is 0. The Labute approximate surface area is 112 Å². The molecule has 1 aliphatic rings. The Morgan fingerprint density at radius 2 is 2.37 bits per heavy atom. The van der Waals surface area contributed by atoms with Gasteiger partial charge in [0.05, 0.1) is 12.0 Å². The molecule has 1 saturated heterocycles. The van der Waals surface area contributed by atoms with Gasteiger partial charge in [0.2, 0.25) is 5.91 Å². The van der Waals surface area contributed by atoms with Crippen LogP contribution in [0.15, 0.2) is 24.3 Å². The highest BCUT2D eigenvalue weighted by Gasteiger charge is 2.22. The maximum Gasteiger partial charge on any atom is 0.222 e. The fourth-order valence-corrected chi connectivity index (χ4v) is 2.41. The van der Waals surface area contributed by atoms with Crippen LogP contribution < -0.4 is 0 Å². The Morgan fingerprint density at radius 1 is 1.53 bits per heavy atom. The average molecular weight is 260 g/mol. The van der Waals surface area contributed by atoms with Crippen LogP contribution in [-0.2, 0) is 11.2 Å². The number of likely N-dealkylation sites (tertiary alicyclic amines) is 1. The van der Waals surface area contributed by atoms with E-state index in [-0.39, 0.29) is 17.6 Å². The largest absolute Gasteiger partial charge is 0.341 e. The molecule has 1 heterocycles. The number of hydrogen-bond donors (Lipinski definition) is 0. The van der Waals surface area contributed by atoms with Gasteiger partial charge in [-0.2, -0.15) is 5.26 Å². The predicted molar refractivity (Wildman–Crippen MR) is 69.6 cm³/mol. The number of nitriles is 1. The molecule has 3 nitrogen and oxygen atoms in total. The molecule has 1 aromatic rings. The van der Waals surface area contributed by atoms with Gasteiger partial charge in [0.1, 0.15) is 5.82 Å². The standard InChI is InChI=1S/C15H17FN2O/c16-14-5-1-3-12(9-14)6-7-15(19)18-8-2-4-13(10-17)11-18/h1,3,5,9,13H,2,4,6-8,11H2/t13-/m0/s1. The summed E-state index contributed by atoms with van der Waals surface area (Å²) in [6.07, 6.45) is 2.69. The molecule has 100 valence electrons. The first-order chi connectivity index (χ1) is 9.19. The number of halogens is 1. The molecule has 0 bridgehead atoms. The summed E-state index contributed by atoms with van der Waals surface area (Å²) in [5.41, 5.74) is 0.835. The lowest BCUT2D eigenvalue weighted by Gasteiger charge is -2.29. The van der Waals surface area contributed by atoms with Gasteiger partial charge in [0.15, 0.2) is 0 Å². The molecule has 4 heteroatoms. The highest BCUT2D eigenvalue weighted by molar-refractivity contribution is 5.76. The van der Waals surface area contributed by atoms with Crippen molar-refractivity contribution in [3.63, 3.8) is 0 Å². The molecule has 1 amide bonds. The van der Waals surface area contributed by atoms with Crippen LogP contribution in [0.25, 0.3) is 0 Å². The quantitative estimate of drug-likeness (QED) is 0.838. The number of piperidine rings is 1. The van der Waals surface area contributed by atoms with Gasteiger partial charge in [-0.25, -0.2) is 4.39 Å². The van der Waals surface area contributed by atoms with Crippen molar-refractivity contribution in [1.82, 2.24) is 4.90 Å². The molecule has 0 unspecified atom stereocenters. The summed E-state index contributed by atoms with van der Waals surface area (Å²) in [4.78, 5) is 13.8. The molecule has 0 N–H and O–H groups in total. The predicted octanol–water partition coefficient (Wildman–Crippen LogP) is 2.52. The summed E-state index contributed by atoms with van der Waals surface area (Å²) in [6, 6.07) is 8.56. The molecule has 1 aliphatic heterocycles. The zero-order valence-corrected chi connectivity index (χ0v) is 10.8. The van der Waals surface area contributed by atoms with Gasteiger partial charge in [-0.15, -0.1) is 0 Å². The third-order valence-electron chi connectivity index (χ3n) is 3.47. The summed E-state index contributed by atoms with van der Waals surface area (Å²) in [5.74, 6) is -0.247. The topological polar surface area (TPSA) is 44.1 Å². The maximum atomic E-state index is 13.0. The van der Waals surface area contributed by atoms with Crippen LogP contribution in [-0.4, -0.2) is 23.9 Å². The van der Waals surface area contributed by atoms with E-state index in [4.69, 9.17) is 5.26 Å². The van der Waals surface area contributed by atoms with Gasteiger partial charge in [-0.05, 0) is 37.0 Å². The number of aryl methyl sites for hydroxylation is 1. The molecule has 0 aromatic heterocycles. The van der Waals surface area contributed by atoms with Crippen molar-refractivity contribution in [2.45, 2.75) is 25.7 Å². The van der Waals surface area contributed by atoms with Crippen LogP contribution in [0.4, 0.5) is 4.39 Å². The third kappa shape index (κ3) is 3.78. The molecule has 19 heavy (non-hydrogen) atoms. The van der Waals surface area contributed by atoms with Crippen molar-refractivity contribution >= 4 is 5.91 Å². The Kier molecular flexibility index (Phi) is 4.51. The van der Waals surface area contributed by atoms with E-state index in [2.05, 4.69) is 6.07 Å². The van der Waals surface area contributed by atoms with Gasteiger partial charge >= 0.3 is 0 Å². The van der Waals surface area contributed by atoms with Crippen LogP contribution in [0.5, 0.6) is 0 Å². The third-order valence-corrected chi connectivity index (χ3v) is 3.47. The van der Waals surface area contributed by atoms with E-state index in [1.165, 1.54) is 12.1 Å². The highest BCUT2D eigenvalue weighted by Crippen LogP contribution is 2.17. The van der Waals surface area contributed by atoms with Crippen molar-refractivity contribution in [2.24, 2.45) is 5.92 Å². The monoisotopic (exact) mass is 260 g/mol. The number of nitrogens with zero attached hydrogens (tertiary/aromatic N) is 2. The minimum Gasteiger partial charge on any atom is -0.341 e. The normalized spacial score (nSPS) is 18.9. The van der Waals surface area contributed by atoms with E-state index in [1.54, 1.807) is 11.0 Å². The van der Waals surface area contributed by atoms with Crippen LogP contribution >= 0.6 is 0 Å². The van der Waals surface area contributed by atoms with Gasteiger partial charge in [0, 0.05) is 19.5 Å². The first-order valence-corrected chi connectivity index (χ1v) is 6.61. The van der Waals surface area contributed by atoms with Crippen molar-refractivity contribution in [2.75, 3.05) is 13.1 Å². The summed E-state index contributed by atoms with van der Waals surface area (Å²) in [7, 11) is 0. The van der Waals surface area contributed by atoms with E-state index in [0.29, 0.717) is 19.4 Å². The number of carbonyl (C=O) groups excluding carboxylic acids is 1. The summed E-state index contributed by atoms with van der Waals surface area (Å²) in [5, 5.41) is 8.90. The Bertz CT molecular complexity index is 495. The zero-order valence-electron chi connectivity index (χ0n) is 10.8. The van der Waals surface area contributed by atoms with Gasteiger partial charge in [-0.1, -0.05) is 12.1 Å². The smallest absolute Gasteiger partial charge is 0.222 e. The Balaban J connectivity index is 1.86. The van der Waals surface area contributed by atoms with Crippen LogP contribution in [0, 0.1) is 23.1 Å². The first kappa shape index (κ1) is 13.5. The fourth-order valence-electron chi connectivity index (χ4n) is 2.41. The SMILES string of the molecule is N#C[C@@H]1CCCN(C(=O)CCc2cccc(F)c2)C1. The second-order valence-corrected chi connectivity index (χ2v) is 4.94. The Morgan fingerprint density at radius 3 is 3.11 bits per heavy atom. The molecule has 1 aromatic carbocycles. The van der Waals surface area contributed by atoms with Gasteiger partial charge in [0.25, 0.3) is 0 Å². The van der Waals surface area contributed by atoms with E-state index >= 15 is 0 Å². The molecular formula is C15H17FN2O. The molecule has 0 saturated carbocycles. The van der Waals surface area contributed by atoms with Crippen molar-refractivity contribution < 1.29 is 9.18 Å². The van der Waals surface area contributed by atoms with Crippen molar-refractivity contribution in [1.29, 1.82) is 5.26 Å². The summed E-state index contributed by atoms with van der Waals surface area (Å²) < 4.78 is 13.0. The molecule has 0 spiro atoms. The number of hydrogen-bond acceptors (Lipinski definition) is 2. The number of benzene rings is 1. The fraction of sp³-hybridized carbons (Fsp3) is 0.467.